The largest absolute Gasteiger partial charge is 0.480 e. The topological polar surface area (TPSA) is 149 Å². The van der Waals surface area contributed by atoms with Crippen molar-refractivity contribution in [2.45, 2.75) is 66.0 Å². The molecule has 2 unspecified atom stereocenters. The van der Waals surface area contributed by atoms with Crippen LogP contribution in [0.4, 0.5) is 0 Å². The fourth-order valence-corrected chi connectivity index (χ4v) is 2.24. The van der Waals surface area contributed by atoms with Crippen LogP contribution in [-0.4, -0.2) is 70.4 Å². The molecule has 0 saturated carbocycles. The Morgan fingerprint density at radius 3 is 2.04 bits per heavy atom. The van der Waals surface area contributed by atoms with E-state index in [1.165, 1.54) is 19.6 Å². The molecule has 0 aromatic rings. The zero-order valence-electron chi connectivity index (χ0n) is 17.1. The molecule has 27 heavy (non-hydrogen) atoms. The second-order valence-corrected chi connectivity index (χ2v) is 6.50. The number of nitrogens with zero attached hydrogens (tertiary/aromatic N) is 3. The Labute approximate surface area is 161 Å². The molecule has 0 saturated heterocycles. The highest BCUT2D eigenvalue weighted by molar-refractivity contribution is 6.25. The molecule has 156 valence electrons. The van der Waals surface area contributed by atoms with E-state index in [4.69, 9.17) is 16.4 Å². The minimum Gasteiger partial charge on any atom is -0.480 e. The van der Waals surface area contributed by atoms with Gasteiger partial charge in [-0.3, -0.25) is 9.59 Å². The Hall–Kier alpha value is -2.09. The van der Waals surface area contributed by atoms with E-state index < -0.39 is 29.7 Å². The van der Waals surface area contributed by atoms with Crippen LogP contribution in [0.15, 0.2) is 0 Å². The van der Waals surface area contributed by atoms with Crippen molar-refractivity contribution in [1.82, 2.24) is 10.2 Å². The number of ketones is 1. The summed E-state index contributed by atoms with van der Waals surface area (Å²) in [6.45, 7) is 13.9. The number of carboxylic acid groups (broad SMARTS) is 1. The van der Waals surface area contributed by atoms with Crippen molar-refractivity contribution >= 4 is 23.9 Å². The van der Waals surface area contributed by atoms with Crippen molar-refractivity contribution in [2.24, 2.45) is 11.7 Å². The van der Waals surface area contributed by atoms with Crippen LogP contribution in [0.3, 0.4) is 0 Å². The van der Waals surface area contributed by atoms with Gasteiger partial charge in [-0.1, -0.05) is 34.6 Å². The Morgan fingerprint density at radius 1 is 1.19 bits per heavy atom. The van der Waals surface area contributed by atoms with Gasteiger partial charge in [0.25, 0.3) is 0 Å². The highest BCUT2D eigenvalue weighted by atomic mass is 16.4. The summed E-state index contributed by atoms with van der Waals surface area (Å²) in [5.74, 6) is -2.13. The summed E-state index contributed by atoms with van der Waals surface area (Å²) in [7, 11) is 0. The SMILES string of the molecule is CC(C)CC(N)C(=O)NC(CCC(=O)C=[N+]=[N-])C(=O)O.CCN(CC)CC. The lowest BCUT2D eigenvalue weighted by atomic mass is 10.0. The van der Waals surface area contributed by atoms with Crippen LogP contribution in [0.1, 0.15) is 53.9 Å². The zero-order chi connectivity index (χ0) is 21.4. The lowest BCUT2D eigenvalue weighted by Crippen LogP contribution is -2.49. The van der Waals surface area contributed by atoms with E-state index in [9.17, 15) is 14.4 Å². The van der Waals surface area contributed by atoms with Crippen molar-refractivity contribution in [3.63, 3.8) is 0 Å². The van der Waals surface area contributed by atoms with E-state index in [1.54, 1.807) is 0 Å². The van der Waals surface area contributed by atoms with Crippen molar-refractivity contribution in [3.05, 3.63) is 5.53 Å². The zero-order valence-corrected chi connectivity index (χ0v) is 17.1. The number of hydrogen-bond acceptors (Lipinski definition) is 5. The molecule has 9 nitrogen and oxygen atoms in total. The van der Waals surface area contributed by atoms with Gasteiger partial charge < -0.3 is 26.6 Å². The molecule has 0 heterocycles. The molecule has 0 fully saturated rings. The maximum atomic E-state index is 11.7. The number of carbonyl (C=O) groups is 3. The van der Waals surface area contributed by atoms with Crippen molar-refractivity contribution in [1.29, 1.82) is 0 Å². The quantitative estimate of drug-likeness (QED) is 0.258. The maximum absolute atomic E-state index is 11.7. The first-order valence-electron chi connectivity index (χ1n) is 9.34. The van der Waals surface area contributed by atoms with Gasteiger partial charge in [-0.15, -0.1) is 0 Å². The molecule has 0 rings (SSSR count). The van der Waals surface area contributed by atoms with Gasteiger partial charge in [-0.2, -0.15) is 4.79 Å². The summed E-state index contributed by atoms with van der Waals surface area (Å²) in [6, 6.07) is -1.98. The van der Waals surface area contributed by atoms with Gasteiger partial charge in [-0.25, -0.2) is 4.79 Å². The predicted octanol–water partition coefficient (Wildman–Crippen LogP) is 0.927. The molecule has 0 bridgehead atoms. The first-order valence-corrected chi connectivity index (χ1v) is 9.34. The van der Waals surface area contributed by atoms with Crippen LogP contribution in [0.25, 0.3) is 5.53 Å². The van der Waals surface area contributed by atoms with Crippen LogP contribution in [-0.2, 0) is 14.4 Å². The Kier molecular flexibility index (Phi) is 16.2. The molecule has 0 aromatic heterocycles. The van der Waals surface area contributed by atoms with Gasteiger partial charge in [0.05, 0.1) is 6.04 Å². The monoisotopic (exact) mass is 385 g/mol. The number of amides is 1. The molecule has 0 aliphatic heterocycles. The average molecular weight is 386 g/mol. The van der Waals surface area contributed by atoms with Crippen molar-refractivity contribution < 1.29 is 24.3 Å². The number of nitrogens with one attached hydrogen (secondary N) is 1. The molecule has 0 radical (unpaired) electrons. The summed E-state index contributed by atoms with van der Waals surface area (Å²) >= 11 is 0. The van der Waals surface area contributed by atoms with Crippen LogP contribution in [0.2, 0.25) is 0 Å². The molecule has 1 amide bonds. The Bertz CT molecular complexity index is 494. The van der Waals surface area contributed by atoms with Crippen LogP contribution in [0.5, 0.6) is 0 Å². The average Bonchev–Trinajstić information content (AvgIpc) is 2.59. The van der Waals surface area contributed by atoms with Gasteiger partial charge in [0.15, 0.2) is 0 Å². The Morgan fingerprint density at radius 2 is 1.70 bits per heavy atom. The summed E-state index contributed by atoms with van der Waals surface area (Å²) < 4.78 is 0. The molecule has 9 heteroatoms. The fraction of sp³-hybridized carbons (Fsp3) is 0.778. The third kappa shape index (κ3) is 14.7. The standard InChI is InChI=1S/C12H20N4O4.C6H15N/c1-7(2)5-9(13)11(18)16-10(12(19)20)4-3-8(17)6-15-14;1-4-7(5-2)6-3/h6-7,9-10H,3-5,13H2,1-2H3,(H,16,18)(H,19,20);4-6H2,1-3H3. The van der Waals surface area contributed by atoms with E-state index in [0.717, 1.165) is 0 Å². The molecular formula is C18H35N5O4. The highest BCUT2D eigenvalue weighted by Crippen LogP contribution is 2.04. The number of rotatable bonds is 12. The summed E-state index contributed by atoms with van der Waals surface area (Å²) in [5.41, 5.74) is 13.8. The number of carbonyl (C=O) groups excluding carboxylic acids is 2. The van der Waals surface area contributed by atoms with Crippen molar-refractivity contribution in [3.8, 4) is 0 Å². The second-order valence-electron chi connectivity index (χ2n) is 6.50. The number of nitrogens with two attached hydrogens (primary N) is 1. The summed E-state index contributed by atoms with van der Waals surface area (Å²) in [5, 5.41) is 11.3. The van der Waals surface area contributed by atoms with E-state index in [-0.39, 0.29) is 18.8 Å². The smallest absolute Gasteiger partial charge is 0.326 e. The van der Waals surface area contributed by atoms with Gasteiger partial charge in [-0.05, 0) is 38.4 Å². The van der Waals surface area contributed by atoms with Gasteiger partial charge in [0.1, 0.15) is 6.04 Å². The third-order valence-electron chi connectivity index (χ3n) is 3.90. The third-order valence-corrected chi connectivity index (χ3v) is 3.90. The van der Waals surface area contributed by atoms with Gasteiger partial charge in [0, 0.05) is 6.42 Å². The van der Waals surface area contributed by atoms with Gasteiger partial charge >= 0.3 is 12.2 Å². The van der Waals surface area contributed by atoms with E-state index >= 15 is 0 Å². The molecule has 0 spiro atoms. The molecule has 4 N–H and O–H groups in total. The maximum Gasteiger partial charge on any atom is 0.326 e. The summed E-state index contributed by atoms with van der Waals surface area (Å²) in [4.78, 5) is 38.7. The normalized spacial score (nSPS) is 12.4. The molecule has 0 aliphatic carbocycles. The number of hydrogen-bond donors (Lipinski definition) is 3. The van der Waals surface area contributed by atoms with Crippen LogP contribution < -0.4 is 11.1 Å². The van der Waals surface area contributed by atoms with E-state index in [0.29, 0.717) is 12.6 Å². The van der Waals surface area contributed by atoms with Crippen LogP contribution >= 0.6 is 0 Å². The second kappa shape index (κ2) is 16.1. The minimum atomic E-state index is -1.25. The first kappa shape index (κ1) is 27.1. The van der Waals surface area contributed by atoms with Crippen molar-refractivity contribution in [2.75, 3.05) is 19.6 Å². The lowest BCUT2D eigenvalue weighted by Gasteiger charge is -2.18. The minimum absolute atomic E-state index is 0.0969. The molecule has 0 aliphatic rings. The number of Topliss-reactive ketones (excluding diaryl/α,β-unsaturated/α-hetero) is 1. The number of carboxylic acids is 1. The molecule has 0 aromatic carbocycles. The molecular weight excluding hydrogens is 350 g/mol. The lowest BCUT2D eigenvalue weighted by molar-refractivity contribution is -0.142. The predicted molar refractivity (Wildman–Crippen MR) is 104 cm³/mol. The number of aliphatic carboxylic acids is 1. The highest BCUT2D eigenvalue weighted by Gasteiger charge is 2.24. The first-order chi connectivity index (χ1) is 12.6. The van der Waals surface area contributed by atoms with E-state index in [2.05, 4.69) is 35.8 Å². The fourth-order valence-electron chi connectivity index (χ4n) is 2.24. The molecule has 2 atom stereocenters. The van der Waals surface area contributed by atoms with E-state index in [1.807, 2.05) is 13.8 Å². The van der Waals surface area contributed by atoms with Gasteiger partial charge in [0.2, 0.25) is 11.7 Å². The summed E-state index contributed by atoms with van der Waals surface area (Å²) in [6.07, 6.45) is 0.876. The Balaban J connectivity index is 0. The van der Waals surface area contributed by atoms with Crippen LogP contribution in [0, 0.1) is 5.92 Å².